The van der Waals surface area contributed by atoms with Gasteiger partial charge in [-0.15, -0.1) is 11.3 Å². The summed E-state index contributed by atoms with van der Waals surface area (Å²) in [5.41, 5.74) is 0.769. The van der Waals surface area contributed by atoms with Gasteiger partial charge in [0.2, 0.25) is 5.91 Å². The molecule has 0 spiro atoms. The van der Waals surface area contributed by atoms with Gasteiger partial charge in [0.1, 0.15) is 0 Å². The van der Waals surface area contributed by atoms with Gasteiger partial charge < -0.3 is 10.2 Å². The first-order valence-corrected chi connectivity index (χ1v) is 8.32. The average molecular weight is 295 g/mol. The van der Waals surface area contributed by atoms with E-state index in [-0.39, 0.29) is 11.3 Å². The molecule has 4 nitrogen and oxygen atoms in total. The van der Waals surface area contributed by atoms with Crippen LogP contribution in [0.15, 0.2) is 5.38 Å². The SMILES string of the molecule is CC(C)(C)C(=O)NCCc1csc(N2CCCCC2)n1. The van der Waals surface area contributed by atoms with Crippen LogP contribution in [0.3, 0.4) is 0 Å². The number of nitrogens with zero attached hydrogens (tertiary/aromatic N) is 2. The van der Waals surface area contributed by atoms with Crippen molar-refractivity contribution >= 4 is 22.4 Å². The van der Waals surface area contributed by atoms with Gasteiger partial charge in [-0.2, -0.15) is 0 Å². The zero-order valence-electron chi connectivity index (χ0n) is 12.7. The van der Waals surface area contributed by atoms with E-state index in [1.165, 1.54) is 19.3 Å². The molecule has 20 heavy (non-hydrogen) atoms. The van der Waals surface area contributed by atoms with Gasteiger partial charge in [0.05, 0.1) is 5.69 Å². The monoisotopic (exact) mass is 295 g/mol. The second kappa shape index (κ2) is 6.57. The van der Waals surface area contributed by atoms with Crippen LogP contribution in [0.2, 0.25) is 0 Å². The van der Waals surface area contributed by atoms with Gasteiger partial charge in [0, 0.05) is 36.9 Å². The molecule has 2 heterocycles. The zero-order chi connectivity index (χ0) is 14.6. The summed E-state index contributed by atoms with van der Waals surface area (Å²) in [5, 5.41) is 6.23. The summed E-state index contributed by atoms with van der Waals surface area (Å²) in [6.45, 7) is 8.72. The molecule has 1 aromatic rings. The average Bonchev–Trinajstić information content (AvgIpc) is 2.87. The Bertz CT molecular complexity index is 444. The van der Waals surface area contributed by atoms with E-state index in [0.717, 1.165) is 30.3 Å². The van der Waals surface area contributed by atoms with Crippen LogP contribution in [0.4, 0.5) is 5.13 Å². The van der Waals surface area contributed by atoms with Gasteiger partial charge in [0.15, 0.2) is 5.13 Å². The molecule has 0 bridgehead atoms. The zero-order valence-corrected chi connectivity index (χ0v) is 13.6. The van der Waals surface area contributed by atoms with E-state index in [1.54, 1.807) is 11.3 Å². The molecule has 1 saturated heterocycles. The van der Waals surface area contributed by atoms with Crippen molar-refractivity contribution in [3.63, 3.8) is 0 Å². The molecule has 1 aromatic heterocycles. The molecule has 0 unspecified atom stereocenters. The highest BCUT2D eigenvalue weighted by Gasteiger charge is 2.20. The van der Waals surface area contributed by atoms with Gasteiger partial charge in [-0.25, -0.2) is 4.98 Å². The Labute approximate surface area is 125 Å². The Morgan fingerprint density at radius 2 is 2.05 bits per heavy atom. The van der Waals surface area contributed by atoms with Crippen molar-refractivity contribution in [1.29, 1.82) is 0 Å². The van der Waals surface area contributed by atoms with Crippen molar-refractivity contribution in [1.82, 2.24) is 10.3 Å². The number of carbonyl (C=O) groups excluding carboxylic acids is 1. The number of piperidine rings is 1. The van der Waals surface area contributed by atoms with Crippen molar-refractivity contribution in [2.45, 2.75) is 46.5 Å². The Morgan fingerprint density at radius 1 is 1.35 bits per heavy atom. The van der Waals surface area contributed by atoms with E-state index in [2.05, 4.69) is 20.6 Å². The van der Waals surface area contributed by atoms with Crippen LogP contribution in [-0.2, 0) is 11.2 Å². The lowest BCUT2D eigenvalue weighted by atomic mass is 9.96. The fourth-order valence-corrected chi connectivity index (χ4v) is 3.12. The van der Waals surface area contributed by atoms with Crippen LogP contribution in [0.1, 0.15) is 45.7 Å². The van der Waals surface area contributed by atoms with Crippen LogP contribution in [0.25, 0.3) is 0 Å². The predicted molar refractivity (Wildman–Crippen MR) is 84.3 cm³/mol. The van der Waals surface area contributed by atoms with E-state index in [9.17, 15) is 4.79 Å². The quantitative estimate of drug-likeness (QED) is 0.929. The third kappa shape index (κ3) is 4.20. The second-order valence-corrected chi connectivity index (χ2v) is 7.26. The molecule has 0 radical (unpaired) electrons. The van der Waals surface area contributed by atoms with Crippen LogP contribution in [0.5, 0.6) is 0 Å². The highest BCUT2D eigenvalue weighted by molar-refractivity contribution is 7.13. The summed E-state index contributed by atoms with van der Waals surface area (Å²) in [4.78, 5) is 18.8. The summed E-state index contributed by atoms with van der Waals surface area (Å²) in [7, 11) is 0. The molecule has 2 rings (SSSR count). The second-order valence-electron chi connectivity index (χ2n) is 6.43. The van der Waals surface area contributed by atoms with Crippen molar-refractivity contribution in [2.24, 2.45) is 5.41 Å². The number of hydrogen-bond acceptors (Lipinski definition) is 4. The van der Waals surface area contributed by atoms with Crippen molar-refractivity contribution < 1.29 is 4.79 Å². The van der Waals surface area contributed by atoms with Crippen molar-refractivity contribution in [2.75, 3.05) is 24.5 Å². The fraction of sp³-hybridized carbons (Fsp3) is 0.733. The molecule has 1 amide bonds. The summed E-state index contributed by atoms with van der Waals surface area (Å²) in [5.74, 6) is 0.101. The minimum absolute atomic E-state index is 0.101. The van der Waals surface area contributed by atoms with Crippen LogP contribution >= 0.6 is 11.3 Å². The first kappa shape index (κ1) is 15.3. The minimum atomic E-state index is -0.318. The van der Waals surface area contributed by atoms with Gasteiger partial charge in [-0.05, 0) is 19.3 Å². The molecule has 112 valence electrons. The van der Waals surface area contributed by atoms with Crippen molar-refractivity contribution in [3.8, 4) is 0 Å². The number of nitrogens with one attached hydrogen (secondary N) is 1. The van der Waals surface area contributed by atoms with Gasteiger partial charge in [0.25, 0.3) is 0 Å². The maximum absolute atomic E-state index is 11.8. The standard InChI is InChI=1S/C15H25N3OS/c1-15(2,3)13(19)16-8-7-12-11-20-14(17-12)18-9-5-4-6-10-18/h11H,4-10H2,1-3H3,(H,16,19). The molecule has 0 atom stereocenters. The van der Waals surface area contributed by atoms with E-state index in [0.29, 0.717) is 6.54 Å². The van der Waals surface area contributed by atoms with Crippen molar-refractivity contribution in [3.05, 3.63) is 11.1 Å². The maximum atomic E-state index is 11.8. The van der Waals surface area contributed by atoms with Crippen LogP contribution in [0, 0.1) is 5.41 Å². The largest absolute Gasteiger partial charge is 0.355 e. The lowest BCUT2D eigenvalue weighted by molar-refractivity contribution is -0.128. The lowest BCUT2D eigenvalue weighted by Crippen LogP contribution is -2.36. The Kier molecular flexibility index (Phi) is 5.02. The number of hydrogen-bond donors (Lipinski definition) is 1. The summed E-state index contributed by atoms with van der Waals surface area (Å²) in [6, 6.07) is 0. The minimum Gasteiger partial charge on any atom is -0.355 e. The molecule has 1 aliphatic heterocycles. The highest BCUT2D eigenvalue weighted by Crippen LogP contribution is 2.24. The van der Waals surface area contributed by atoms with Gasteiger partial charge in [-0.1, -0.05) is 20.8 Å². The van der Waals surface area contributed by atoms with E-state index in [4.69, 9.17) is 0 Å². The summed E-state index contributed by atoms with van der Waals surface area (Å²) >= 11 is 1.72. The summed E-state index contributed by atoms with van der Waals surface area (Å²) in [6.07, 6.45) is 4.70. The van der Waals surface area contributed by atoms with Gasteiger partial charge >= 0.3 is 0 Å². The molecule has 1 N–H and O–H groups in total. The highest BCUT2D eigenvalue weighted by atomic mass is 32.1. The number of amides is 1. The maximum Gasteiger partial charge on any atom is 0.225 e. The fourth-order valence-electron chi connectivity index (χ4n) is 2.21. The van der Waals surface area contributed by atoms with E-state index >= 15 is 0 Å². The normalized spacial score (nSPS) is 16.2. The van der Waals surface area contributed by atoms with Gasteiger partial charge in [-0.3, -0.25) is 4.79 Å². The number of carbonyl (C=O) groups is 1. The number of rotatable bonds is 4. The molecule has 0 saturated carbocycles. The summed E-state index contributed by atoms with van der Waals surface area (Å²) < 4.78 is 0. The first-order valence-electron chi connectivity index (χ1n) is 7.44. The third-order valence-electron chi connectivity index (χ3n) is 3.51. The Hall–Kier alpha value is -1.10. The first-order chi connectivity index (χ1) is 9.47. The molecule has 0 aromatic carbocycles. The van der Waals surface area contributed by atoms with Crippen LogP contribution < -0.4 is 10.2 Å². The molecule has 1 fully saturated rings. The topological polar surface area (TPSA) is 45.2 Å². The molecule has 5 heteroatoms. The molecule has 0 aliphatic carbocycles. The van der Waals surface area contributed by atoms with E-state index < -0.39 is 0 Å². The lowest BCUT2D eigenvalue weighted by Gasteiger charge is -2.25. The third-order valence-corrected chi connectivity index (χ3v) is 4.46. The van der Waals surface area contributed by atoms with Crippen LogP contribution in [-0.4, -0.2) is 30.5 Å². The number of aromatic nitrogens is 1. The molecule has 1 aliphatic rings. The predicted octanol–water partition coefficient (Wildman–Crippen LogP) is 2.84. The number of thiazole rings is 1. The Morgan fingerprint density at radius 3 is 2.70 bits per heavy atom. The molecular weight excluding hydrogens is 270 g/mol. The Balaban J connectivity index is 1.79. The number of anilines is 1. The molecular formula is C15H25N3OS. The smallest absolute Gasteiger partial charge is 0.225 e. The van der Waals surface area contributed by atoms with E-state index in [1.807, 2.05) is 20.8 Å².